The fraction of sp³-hybridized carbons (Fsp3) is 0.0625. The summed E-state index contributed by atoms with van der Waals surface area (Å²) in [5.74, 6) is -0.297. The van der Waals surface area contributed by atoms with Gasteiger partial charge in [0.2, 0.25) is 5.95 Å². The van der Waals surface area contributed by atoms with Crippen LogP contribution in [-0.4, -0.2) is 20.7 Å². The number of nitrogens with one attached hydrogen (secondary N) is 1. The second kappa shape index (κ2) is 7.62. The van der Waals surface area contributed by atoms with Gasteiger partial charge in [0.25, 0.3) is 5.91 Å². The molecule has 0 saturated heterocycles. The third-order valence-electron chi connectivity index (χ3n) is 3.32. The summed E-state index contributed by atoms with van der Waals surface area (Å²) in [4.78, 5) is 16.3. The molecule has 0 bridgehead atoms. The van der Waals surface area contributed by atoms with Crippen LogP contribution in [-0.2, 0) is 6.54 Å². The lowest BCUT2D eigenvalue weighted by atomic mass is 10.2. The molecule has 5 nitrogen and oxygen atoms in total. The molecule has 0 aliphatic heterocycles. The van der Waals surface area contributed by atoms with Crippen molar-refractivity contribution in [2.24, 2.45) is 0 Å². The van der Waals surface area contributed by atoms with Gasteiger partial charge in [-0.2, -0.15) is 0 Å². The predicted molar refractivity (Wildman–Crippen MR) is 100 cm³/mol. The highest BCUT2D eigenvalue weighted by molar-refractivity contribution is 6.37. The highest BCUT2D eigenvalue weighted by Gasteiger charge is 2.14. The number of nitrogens with zero attached hydrogens (tertiary/aromatic N) is 3. The molecule has 1 N–H and O–H groups in total. The molecule has 0 unspecified atom stereocenters. The Labute approximate surface area is 163 Å². The number of aromatic nitrogens is 3. The van der Waals surface area contributed by atoms with E-state index in [1.54, 1.807) is 24.3 Å². The number of amides is 1. The molecular weight excluding hydrogens is 406 g/mol. The average molecular weight is 416 g/mol. The molecule has 0 saturated carbocycles. The molecule has 0 aliphatic rings. The number of carbonyl (C=O) groups is 1. The minimum atomic E-state index is -0.435. The Morgan fingerprint density at radius 3 is 2.44 bits per heavy atom. The third kappa shape index (κ3) is 4.25. The third-order valence-corrected chi connectivity index (χ3v) is 4.58. The van der Waals surface area contributed by atoms with Crippen LogP contribution in [0.1, 0.15) is 15.9 Å². The highest BCUT2D eigenvalue weighted by Crippen LogP contribution is 2.25. The van der Waals surface area contributed by atoms with Gasteiger partial charge in [0.05, 0.1) is 17.1 Å². The van der Waals surface area contributed by atoms with Crippen molar-refractivity contribution in [1.82, 2.24) is 14.8 Å². The van der Waals surface area contributed by atoms with Crippen LogP contribution in [0, 0.1) is 0 Å². The standard InChI is InChI=1S/C16H10Cl4N4O/c17-9-4-5-10(14(20)6-9)15(25)22-16-21-8-24(23-16)7-11-12(18)2-1-3-13(11)19/h1-6,8H,7H2,(H,22,23,25). The first-order valence-corrected chi connectivity index (χ1v) is 8.54. The van der Waals surface area contributed by atoms with Crippen LogP contribution in [0.25, 0.3) is 0 Å². The summed E-state index contributed by atoms with van der Waals surface area (Å²) in [5.41, 5.74) is 0.992. The second-order valence-electron chi connectivity index (χ2n) is 5.04. The first kappa shape index (κ1) is 18.0. The van der Waals surface area contributed by atoms with E-state index in [-0.39, 0.29) is 16.5 Å². The fourth-order valence-corrected chi connectivity index (χ4v) is 3.13. The molecule has 9 heteroatoms. The van der Waals surface area contributed by atoms with E-state index in [1.807, 2.05) is 0 Å². The van der Waals surface area contributed by atoms with E-state index in [0.717, 1.165) is 0 Å². The Balaban J connectivity index is 1.74. The number of hydrogen-bond donors (Lipinski definition) is 1. The Bertz CT molecular complexity index is 921. The summed E-state index contributed by atoms with van der Waals surface area (Å²) in [6.07, 6.45) is 1.47. The van der Waals surface area contributed by atoms with Crippen LogP contribution in [0.2, 0.25) is 20.1 Å². The predicted octanol–water partition coefficient (Wildman–Crippen LogP) is 5.19. The lowest BCUT2D eigenvalue weighted by Gasteiger charge is -2.06. The van der Waals surface area contributed by atoms with Gasteiger partial charge in [0, 0.05) is 20.6 Å². The first-order valence-electron chi connectivity index (χ1n) is 7.03. The normalized spacial score (nSPS) is 10.7. The Morgan fingerprint density at radius 1 is 1.04 bits per heavy atom. The smallest absolute Gasteiger partial charge is 0.259 e. The highest BCUT2D eigenvalue weighted by atomic mass is 35.5. The van der Waals surface area contributed by atoms with Crippen LogP contribution in [0.4, 0.5) is 5.95 Å². The molecule has 3 aromatic rings. The number of rotatable bonds is 4. The summed E-state index contributed by atoms with van der Waals surface area (Å²) in [6, 6.07) is 9.84. The summed E-state index contributed by atoms with van der Waals surface area (Å²) >= 11 is 24.1. The lowest BCUT2D eigenvalue weighted by Crippen LogP contribution is -2.14. The topological polar surface area (TPSA) is 59.8 Å². The zero-order chi connectivity index (χ0) is 18.0. The molecule has 2 aromatic carbocycles. The van der Waals surface area contributed by atoms with Gasteiger partial charge in [-0.25, -0.2) is 9.67 Å². The number of halogens is 4. The van der Waals surface area contributed by atoms with Crippen molar-refractivity contribution >= 4 is 58.3 Å². The first-order chi connectivity index (χ1) is 11.9. The largest absolute Gasteiger partial charge is 0.289 e. The van der Waals surface area contributed by atoms with Crippen molar-refractivity contribution in [3.63, 3.8) is 0 Å². The van der Waals surface area contributed by atoms with Crippen LogP contribution < -0.4 is 5.32 Å². The van der Waals surface area contributed by atoms with Gasteiger partial charge >= 0.3 is 0 Å². The fourth-order valence-electron chi connectivity index (χ4n) is 2.12. The van der Waals surface area contributed by atoms with Gasteiger partial charge < -0.3 is 0 Å². The monoisotopic (exact) mass is 414 g/mol. The van der Waals surface area contributed by atoms with Gasteiger partial charge in [-0.3, -0.25) is 10.1 Å². The van der Waals surface area contributed by atoms with Crippen molar-refractivity contribution in [3.8, 4) is 0 Å². The molecule has 128 valence electrons. The maximum Gasteiger partial charge on any atom is 0.259 e. The minimum Gasteiger partial charge on any atom is -0.289 e. The van der Waals surface area contributed by atoms with Crippen LogP contribution >= 0.6 is 46.4 Å². The van der Waals surface area contributed by atoms with E-state index in [1.165, 1.54) is 23.1 Å². The Kier molecular flexibility index (Phi) is 5.49. The molecule has 3 rings (SSSR count). The lowest BCUT2D eigenvalue weighted by molar-refractivity contribution is 0.102. The summed E-state index contributed by atoms with van der Waals surface area (Å²) in [7, 11) is 0. The molecule has 0 aliphatic carbocycles. The van der Waals surface area contributed by atoms with Gasteiger partial charge in [0.15, 0.2) is 0 Å². The molecule has 0 atom stereocenters. The Hall–Kier alpha value is -1.79. The van der Waals surface area contributed by atoms with E-state index >= 15 is 0 Å². The van der Waals surface area contributed by atoms with E-state index in [4.69, 9.17) is 46.4 Å². The van der Waals surface area contributed by atoms with E-state index in [9.17, 15) is 4.79 Å². The zero-order valence-electron chi connectivity index (χ0n) is 12.5. The van der Waals surface area contributed by atoms with E-state index < -0.39 is 5.91 Å². The molecule has 1 aromatic heterocycles. The quantitative estimate of drug-likeness (QED) is 0.637. The number of carbonyl (C=O) groups excluding carboxylic acids is 1. The van der Waals surface area contributed by atoms with Gasteiger partial charge in [0.1, 0.15) is 6.33 Å². The molecule has 0 spiro atoms. The zero-order valence-corrected chi connectivity index (χ0v) is 15.5. The molecular formula is C16H10Cl4N4O. The van der Waals surface area contributed by atoms with Crippen molar-refractivity contribution in [3.05, 3.63) is 73.9 Å². The number of hydrogen-bond acceptors (Lipinski definition) is 3. The van der Waals surface area contributed by atoms with Crippen molar-refractivity contribution in [2.45, 2.75) is 6.54 Å². The summed E-state index contributed by atoms with van der Waals surface area (Å²) in [6.45, 7) is 0.322. The summed E-state index contributed by atoms with van der Waals surface area (Å²) in [5, 5.41) is 8.51. The van der Waals surface area contributed by atoms with Crippen molar-refractivity contribution < 1.29 is 4.79 Å². The Morgan fingerprint density at radius 2 is 1.76 bits per heavy atom. The molecule has 0 fully saturated rings. The van der Waals surface area contributed by atoms with Crippen LogP contribution in [0.5, 0.6) is 0 Å². The van der Waals surface area contributed by atoms with Crippen molar-refractivity contribution in [1.29, 1.82) is 0 Å². The van der Waals surface area contributed by atoms with E-state index in [0.29, 0.717) is 27.2 Å². The maximum atomic E-state index is 12.3. The summed E-state index contributed by atoms with van der Waals surface area (Å²) < 4.78 is 1.52. The maximum absolute atomic E-state index is 12.3. The second-order valence-corrected chi connectivity index (χ2v) is 6.70. The molecule has 0 radical (unpaired) electrons. The number of benzene rings is 2. The molecule has 1 amide bonds. The minimum absolute atomic E-state index is 0.138. The molecule has 1 heterocycles. The van der Waals surface area contributed by atoms with Gasteiger partial charge in [-0.1, -0.05) is 52.5 Å². The average Bonchev–Trinajstić information content (AvgIpc) is 2.98. The van der Waals surface area contributed by atoms with Gasteiger partial charge in [-0.05, 0) is 30.3 Å². The van der Waals surface area contributed by atoms with Crippen LogP contribution in [0.3, 0.4) is 0 Å². The van der Waals surface area contributed by atoms with Crippen LogP contribution in [0.15, 0.2) is 42.7 Å². The van der Waals surface area contributed by atoms with E-state index in [2.05, 4.69) is 15.4 Å². The van der Waals surface area contributed by atoms with Crippen molar-refractivity contribution in [2.75, 3.05) is 5.32 Å². The molecule has 25 heavy (non-hydrogen) atoms. The number of anilines is 1. The van der Waals surface area contributed by atoms with Gasteiger partial charge in [-0.15, -0.1) is 5.10 Å². The SMILES string of the molecule is O=C(Nc1ncn(Cc2c(Cl)cccc2Cl)n1)c1ccc(Cl)cc1Cl.